The molecule has 15 heavy (non-hydrogen) atoms. The van der Waals surface area contributed by atoms with E-state index in [1.807, 2.05) is 37.3 Å². The molecule has 1 aliphatic rings. The fourth-order valence-electron chi connectivity index (χ4n) is 1.76. The van der Waals surface area contributed by atoms with E-state index in [1.54, 1.807) is 0 Å². The van der Waals surface area contributed by atoms with Gasteiger partial charge >= 0.3 is 0 Å². The SMILES string of the molecule is CC(C(=O)NCc1ccccc1)C1CC1. The molecule has 80 valence electrons. The van der Waals surface area contributed by atoms with Crippen molar-refractivity contribution in [3.8, 4) is 0 Å². The normalized spacial score (nSPS) is 17.1. The number of benzene rings is 1. The van der Waals surface area contributed by atoms with Crippen LogP contribution >= 0.6 is 0 Å². The summed E-state index contributed by atoms with van der Waals surface area (Å²) < 4.78 is 0. The zero-order chi connectivity index (χ0) is 10.7. The van der Waals surface area contributed by atoms with E-state index in [2.05, 4.69) is 5.32 Å². The molecule has 1 unspecified atom stereocenters. The minimum Gasteiger partial charge on any atom is -0.352 e. The van der Waals surface area contributed by atoms with E-state index in [0.717, 1.165) is 5.56 Å². The summed E-state index contributed by atoms with van der Waals surface area (Å²) in [6, 6.07) is 10.0. The molecular weight excluding hydrogens is 186 g/mol. The number of carbonyl (C=O) groups excluding carboxylic acids is 1. The lowest BCUT2D eigenvalue weighted by Crippen LogP contribution is -2.29. The highest BCUT2D eigenvalue weighted by Gasteiger charge is 2.32. The summed E-state index contributed by atoms with van der Waals surface area (Å²) >= 11 is 0. The van der Waals surface area contributed by atoms with E-state index < -0.39 is 0 Å². The molecule has 1 aromatic rings. The highest BCUT2D eigenvalue weighted by Crippen LogP contribution is 2.36. The van der Waals surface area contributed by atoms with E-state index >= 15 is 0 Å². The summed E-state index contributed by atoms with van der Waals surface area (Å²) in [6.45, 7) is 2.68. The predicted molar refractivity (Wildman–Crippen MR) is 60.2 cm³/mol. The Morgan fingerprint density at radius 1 is 1.40 bits per heavy atom. The second-order valence-corrected chi connectivity index (χ2v) is 4.33. The van der Waals surface area contributed by atoms with Crippen molar-refractivity contribution in [2.75, 3.05) is 0 Å². The molecule has 1 aliphatic carbocycles. The van der Waals surface area contributed by atoms with Gasteiger partial charge in [-0.05, 0) is 24.3 Å². The molecule has 0 aromatic heterocycles. The molecule has 1 aromatic carbocycles. The Hall–Kier alpha value is -1.31. The Kier molecular flexibility index (Phi) is 3.05. The van der Waals surface area contributed by atoms with Crippen molar-refractivity contribution < 1.29 is 4.79 Å². The minimum atomic E-state index is 0.189. The summed E-state index contributed by atoms with van der Waals surface area (Å²) in [5, 5.41) is 2.98. The van der Waals surface area contributed by atoms with Gasteiger partial charge < -0.3 is 5.32 Å². The summed E-state index contributed by atoms with van der Waals surface area (Å²) in [5.41, 5.74) is 1.16. The van der Waals surface area contributed by atoms with Gasteiger partial charge in [0.1, 0.15) is 0 Å². The third-order valence-electron chi connectivity index (χ3n) is 3.05. The zero-order valence-corrected chi connectivity index (χ0v) is 9.07. The second-order valence-electron chi connectivity index (χ2n) is 4.33. The Morgan fingerprint density at radius 2 is 2.07 bits per heavy atom. The van der Waals surface area contributed by atoms with Crippen LogP contribution in [0.1, 0.15) is 25.3 Å². The van der Waals surface area contributed by atoms with Crippen LogP contribution in [0.2, 0.25) is 0 Å². The van der Waals surface area contributed by atoms with Crippen LogP contribution in [0, 0.1) is 11.8 Å². The summed E-state index contributed by atoms with van der Waals surface area (Å²) in [6.07, 6.45) is 2.44. The van der Waals surface area contributed by atoms with E-state index in [4.69, 9.17) is 0 Å². The molecule has 1 saturated carbocycles. The molecule has 0 saturated heterocycles. The first-order valence-corrected chi connectivity index (χ1v) is 5.59. The van der Waals surface area contributed by atoms with Crippen LogP contribution in [0.3, 0.4) is 0 Å². The van der Waals surface area contributed by atoms with Crippen molar-refractivity contribution >= 4 is 5.91 Å². The third-order valence-corrected chi connectivity index (χ3v) is 3.05. The molecule has 2 heteroatoms. The maximum absolute atomic E-state index is 11.7. The van der Waals surface area contributed by atoms with Gasteiger partial charge in [0.15, 0.2) is 0 Å². The Balaban J connectivity index is 1.80. The molecule has 2 nitrogen and oxygen atoms in total. The molecule has 2 rings (SSSR count). The first kappa shape index (κ1) is 10.2. The maximum atomic E-state index is 11.7. The van der Waals surface area contributed by atoms with E-state index in [0.29, 0.717) is 12.5 Å². The standard InChI is InChI=1S/C13H17NO/c1-10(12-7-8-12)13(15)14-9-11-5-3-2-4-6-11/h2-6,10,12H,7-9H2,1H3,(H,14,15). The fraction of sp³-hybridized carbons (Fsp3) is 0.462. The van der Waals surface area contributed by atoms with Crippen LogP contribution in [0.25, 0.3) is 0 Å². The maximum Gasteiger partial charge on any atom is 0.223 e. The van der Waals surface area contributed by atoms with Crippen molar-refractivity contribution in [1.82, 2.24) is 5.32 Å². The second kappa shape index (κ2) is 4.47. The predicted octanol–water partition coefficient (Wildman–Crippen LogP) is 2.35. The van der Waals surface area contributed by atoms with Crippen LogP contribution in [0.4, 0.5) is 0 Å². The molecule has 1 amide bonds. The monoisotopic (exact) mass is 203 g/mol. The van der Waals surface area contributed by atoms with Crippen LogP contribution < -0.4 is 5.32 Å². The number of carbonyl (C=O) groups is 1. The van der Waals surface area contributed by atoms with Crippen LogP contribution in [0.5, 0.6) is 0 Å². The smallest absolute Gasteiger partial charge is 0.223 e. The summed E-state index contributed by atoms with van der Waals surface area (Å²) in [5.74, 6) is 1.02. The van der Waals surface area contributed by atoms with Gasteiger partial charge in [0.2, 0.25) is 5.91 Å². The first-order valence-electron chi connectivity index (χ1n) is 5.59. The average Bonchev–Trinajstić information content (AvgIpc) is 3.10. The average molecular weight is 203 g/mol. The molecule has 0 bridgehead atoms. The van der Waals surface area contributed by atoms with Crippen molar-refractivity contribution in [1.29, 1.82) is 0 Å². The first-order chi connectivity index (χ1) is 7.27. The van der Waals surface area contributed by atoms with Crippen molar-refractivity contribution in [2.45, 2.75) is 26.3 Å². The van der Waals surface area contributed by atoms with Crippen molar-refractivity contribution in [3.63, 3.8) is 0 Å². The molecular formula is C13H17NO. The summed E-state index contributed by atoms with van der Waals surface area (Å²) in [7, 11) is 0. The Morgan fingerprint density at radius 3 is 2.67 bits per heavy atom. The van der Waals surface area contributed by atoms with Gasteiger partial charge in [0.05, 0.1) is 0 Å². The number of hydrogen-bond donors (Lipinski definition) is 1. The Labute approximate surface area is 90.7 Å². The largest absolute Gasteiger partial charge is 0.352 e. The minimum absolute atomic E-state index is 0.189. The number of rotatable bonds is 4. The van der Waals surface area contributed by atoms with Gasteiger partial charge in [0.25, 0.3) is 0 Å². The molecule has 1 N–H and O–H groups in total. The van der Waals surface area contributed by atoms with Gasteiger partial charge in [-0.25, -0.2) is 0 Å². The highest BCUT2D eigenvalue weighted by atomic mass is 16.1. The van der Waals surface area contributed by atoms with Gasteiger partial charge in [-0.3, -0.25) is 4.79 Å². The zero-order valence-electron chi connectivity index (χ0n) is 9.07. The van der Waals surface area contributed by atoms with Crippen molar-refractivity contribution in [3.05, 3.63) is 35.9 Å². The van der Waals surface area contributed by atoms with Gasteiger partial charge in [-0.15, -0.1) is 0 Å². The summed E-state index contributed by atoms with van der Waals surface area (Å²) in [4.78, 5) is 11.7. The number of amides is 1. The lowest BCUT2D eigenvalue weighted by atomic mass is 10.1. The van der Waals surface area contributed by atoms with Crippen LogP contribution in [0.15, 0.2) is 30.3 Å². The highest BCUT2D eigenvalue weighted by molar-refractivity contribution is 5.78. The molecule has 1 atom stereocenters. The molecule has 1 fully saturated rings. The number of nitrogens with one attached hydrogen (secondary N) is 1. The van der Waals surface area contributed by atoms with Gasteiger partial charge in [-0.1, -0.05) is 37.3 Å². The Bertz CT molecular complexity index is 330. The van der Waals surface area contributed by atoms with Gasteiger partial charge in [0, 0.05) is 12.5 Å². The van der Waals surface area contributed by atoms with Gasteiger partial charge in [-0.2, -0.15) is 0 Å². The van der Waals surface area contributed by atoms with E-state index in [9.17, 15) is 4.79 Å². The van der Waals surface area contributed by atoms with Crippen LogP contribution in [-0.2, 0) is 11.3 Å². The van der Waals surface area contributed by atoms with Crippen LogP contribution in [-0.4, -0.2) is 5.91 Å². The number of hydrogen-bond acceptors (Lipinski definition) is 1. The lowest BCUT2D eigenvalue weighted by Gasteiger charge is -2.10. The quantitative estimate of drug-likeness (QED) is 0.799. The van der Waals surface area contributed by atoms with E-state index in [1.165, 1.54) is 12.8 Å². The van der Waals surface area contributed by atoms with Crippen molar-refractivity contribution in [2.24, 2.45) is 11.8 Å². The molecule has 0 heterocycles. The molecule has 0 spiro atoms. The molecule has 0 aliphatic heterocycles. The van der Waals surface area contributed by atoms with E-state index in [-0.39, 0.29) is 11.8 Å². The lowest BCUT2D eigenvalue weighted by molar-refractivity contribution is -0.125. The molecule has 0 radical (unpaired) electrons. The third kappa shape index (κ3) is 2.82. The topological polar surface area (TPSA) is 29.1 Å². The fourth-order valence-corrected chi connectivity index (χ4v) is 1.76.